The predicted molar refractivity (Wildman–Crippen MR) is 59.2 cm³/mol. The smallest absolute Gasteiger partial charge is 0.257 e. The molecule has 1 heterocycles. The number of amides is 1. The topological polar surface area (TPSA) is 73.7 Å². The molecule has 88 valence electrons. The van der Waals surface area contributed by atoms with Crippen LogP contribution >= 0.6 is 0 Å². The first-order valence-electron chi connectivity index (χ1n) is 5.09. The molecule has 0 aliphatic rings. The van der Waals surface area contributed by atoms with Gasteiger partial charge in [-0.2, -0.15) is 0 Å². The average Bonchev–Trinajstić information content (AvgIpc) is 2.25. The molecule has 1 aromatic heterocycles. The lowest BCUT2D eigenvalue weighted by Crippen LogP contribution is -2.29. The molecular weight excluding hydrogens is 208 g/mol. The summed E-state index contributed by atoms with van der Waals surface area (Å²) in [5.74, 6) is -0.406. The van der Waals surface area contributed by atoms with Crippen LogP contribution in [0.4, 0.5) is 0 Å². The minimum Gasteiger partial charge on any atom is -0.505 e. The van der Waals surface area contributed by atoms with Gasteiger partial charge in [-0.3, -0.25) is 9.78 Å². The molecule has 0 aliphatic carbocycles. The van der Waals surface area contributed by atoms with E-state index in [0.29, 0.717) is 13.0 Å². The van der Waals surface area contributed by atoms with Gasteiger partial charge in [0.05, 0.1) is 17.9 Å². The number of nitrogens with zero attached hydrogens (tertiary/aromatic N) is 2. The Morgan fingerprint density at radius 3 is 2.88 bits per heavy atom. The van der Waals surface area contributed by atoms with Gasteiger partial charge in [0.1, 0.15) is 5.75 Å². The Hall–Kier alpha value is -1.62. The number of aromatic hydroxyl groups is 1. The maximum absolute atomic E-state index is 11.8. The van der Waals surface area contributed by atoms with E-state index in [9.17, 15) is 9.90 Å². The minimum atomic E-state index is -0.443. The zero-order valence-corrected chi connectivity index (χ0v) is 9.42. The fourth-order valence-electron chi connectivity index (χ4n) is 1.25. The molecule has 1 unspecified atom stereocenters. The number of carbonyl (C=O) groups is 1. The Morgan fingerprint density at radius 2 is 2.31 bits per heavy atom. The van der Waals surface area contributed by atoms with Gasteiger partial charge in [-0.1, -0.05) is 0 Å². The van der Waals surface area contributed by atoms with Crippen molar-refractivity contribution in [3.05, 3.63) is 24.0 Å². The number of aromatic nitrogens is 1. The van der Waals surface area contributed by atoms with Crippen molar-refractivity contribution in [1.29, 1.82) is 0 Å². The van der Waals surface area contributed by atoms with Crippen molar-refractivity contribution in [1.82, 2.24) is 9.88 Å². The summed E-state index contributed by atoms with van der Waals surface area (Å²) in [7, 11) is 1.63. The number of aliphatic hydroxyl groups is 1. The third-order valence-corrected chi connectivity index (χ3v) is 2.26. The maximum Gasteiger partial charge on any atom is 0.257 e. The molecule has 16 heavy (non-hydrogen) atoms. The second-order valence-corrected chi connectivity index (χ2v) is 3.76. The zero-order chi connectivity index (χ0) is 12.1. The van der Waals surface area contributed by atoms with Crippen LogP contribution in [0, 0.1) is 0 Å². The summed E-state index contributed by atoms with van der Waals surface area (Å²) in [4.78, 5) is 17.0. The number of hydrogen-bond acceptors (Lipinski definition) is 4. The molecule has 0 aromatic carbocycles. The highest BCUT2D eigenvalue weighted by Gasteiger charge is 2.15. The van der Waals surface area contributed by atoms with Crippen molar-refractivity contribution in [2.45, 2.75) is 19.4 Å². The molecule has 1 rings (SSSR count). The summed E-state index contributed by atoms with van der Waals surface area (Å²) in [6.07, 6.45) is 2.75. The molecule has 1 amide bonds. The summed E-state index contributed by atoms with van der Waals surface area (Å²) in [5, 5.41) is 18.6. The summed E-state index contributed by atoms with van der Waals surface area (Å²) in [6, 6.07) is 1.47. The third-order valence-electron chi connectivity index (χ3n) is 2.26. The van der Waals surface area contributed by atoms with Crippen LogP contribution in [0.2, 0.25) is 0 Å². The number of carbonyl (C=O) groups excluding carboxylic acids is 1. The highest BCUT2D eigenvalue weighted by atomic mass is 16.3. The van der Waals surface area contributed by atoms with Crippen molar-refractivity contribution < 1.29 is 15.0 Å². The van der Waals surface area contributed by atoms with E-state index >= 15 is 0 Å². The van der Waals surface area contributed by atoms with Crippen LogP contribution in [0.5, 0.6) is 5.75 Å². The van der Waals surface area contributed by atoms with Gasteiger partial charge >= 0.3 is 0 Å². The van der Waals surface area contributed by atoms with Crippen LogP contribution in [0.3, 0.4) is 0 Å². The quantitative estimate of drug-likeness (QED) is 0.786. The van der Waals surface area contributed by atoms with E-state index in [1.165, 1.54) is 23.4 Å². The van der Waals surface area contributed by atoms with Gasteiger partial charge in [0.2, 0.25) is 0 Å². The standard InChI is InChI=1S/C11H16N2O3/c1-8(14)4-6-13(2)11(16)9-3-5-12-7-10(9)15/h3,5,7-8,14-15H,4,6H2,1-2H3. The molecule has 5 nitrogen and oxygen atoms in total. The zero-order valence-electron chi connectivity index (χ0n) is 9.42. The van der Waals surface area contributed by atoms with Crippen LogP contribution in [0.1, 0.15) is 23.7 Å². The summed E-state index contributed by atoms with van der Waals surface area (Å²) in [5.41, 5.74) is 0.225. The van der Waals surface area contributed by atoms with Gasteiger partial charge in [-0.15, -0.1) is 0 Å². The first-order valence-corrected chi connectivity index (χ1v) is 5.09. The highest BCUT2D eigenvalue weighted by Crippen LogP contribution is 2.15. The number of hydrogen-bond donors (Lipinski definition) is 2. The van der Waals surface area contributed by atoms with Crippen molar-refractivity contribution in [2.75, 3.05) is 13.6 Å². The predicted octanol–water partition coefficient (Wildman–Crippen LogP) is 0.630. The molecular formula is C11H16N2O3. The van der Waals surface area contributed by atoms with E-state index < -0.39 is 6.10 Å². The lowest BCUT2D eigenvalue weighted by Gasteiger charge is -2.18. The average molecular weight is 224 g/mol. The van der Waals surface area contributed by atoms with Crippen LogP contribution in [-0.2, 0) is 0 Å². The van der Waals surface area contributed by atoms with Crippen LogP contribution in [0.15, 0.2) is 18.5 Å². The Labute approximate surface area is 94.4 Å². The molecule has 0 saturated carbocycles. The molecule has 0 aliphatic heterocycles. The molecule has 0 spiro atoms. The first-order chi connectivity index (χ1) is 7.52. The fourth-order valence-corrected chi connectivity index (χ4v) is 1.25. The lowest BCUT2D eigenvalue weighted by molar-refractivity contribution is 0.0766. The summed E-state index contributed by atoms with van der Waals surface area (Å²) < 4.78 is 0. The monoisotopic (exact) mass is 224 g/mol. The van der Waals surface area contributed by atoms with Crippen LogP contribution in [-0.4, -0.2) is 45.7 Å². The Bertz CT molecular complexity index is 366. The number of aliphatic hydroxyl groups excluding tert-OH is 1. The van der Waals surface area contributed by atoms with Gasteiger partial charge in [0.25, 0.3) is 5.91 Å². The molecule has 1 atom stereocenters. The van der Waals surface area contributed by atoms with Crippen LogP contribution in [0.25, 0.3) is 0 Å². The summed E-state index contributed by atoms with van der Waals surface area (Å²) >= 11 is 0. The molecule has 0 saturated heterocycles. The van der Waals surface area contributed by atoms with Gasteiger partial charge in [-0.25, -0.2) is 0 Å². The van der Waals surface area contributed by atoms with Gasteiger partial charge in [0, 0.05) is 19.8 Å². The molecule has 0 radical (unpaired) electrons. The van der Waals surface area contributed by atoms with Gasteiger partial charge < -0.3 is 15.1 Å². The highest BCUT2D eigenvalue weighted by molar-refractivity contribution is 5.96. The van der Waals surface area contributed by atoms with E-state index in [-0.39, 0.29) is 17.2 Å². The van der Waals surface area contributed by atoms with E-state index in [1.54, 1.807) is 14.0 Å². The normalized spacial score (nSPS) is 12.2. The van der Waals surface area contributed by atoms with Gasteiger partial charge in [-0.05, 0) is 19.4 Å². The lowest BCUT2D eigenvalue weighted by atomic mass is 10.2. The van der Waals surface area contributed by atoms with Crippen molar-refractivity contribution in [3.63, 3.8) is 0 Å². The molecule has 2 N–H and O–H groups in total. The Balaban J connectivity index is 2.67. The minimum absolute atomic E-state index is 0.128. The fraction of sp³-hybridized carbons (Fsp3) is 0.455. The van der Waals surface area contributed by atoms with Crippen molar-refractivity contribution >= 4 is 5.91 Å². The third kappa shape index (κ3) is 3.20. The maximum atomic E-state index is 11.8. The number of rotatable bonds is 4. The van der Waals surface area contributed by atoms with E-state index in [2.05, 4.69) is 4.98 Å². The largest absolute Gasteiger partial charge is 0.505 e. The van der Waals surface area contributed by atoms with E-state index in [0.717, 1.165) is 0 Å². The van der Waals surface area contributed by atoms with Gasteiger partial charge in [0.15, 0.2) is 0 Å². The summed E-state index contributed by atoms with van der Waals surface area (Å²) in [6.45, 7) is 2.11. The number of pyridine rings is 1. The SMILES string of the molecule is CC(O)CCN(C)C(=O)c1ccncc1O. The molecule has 0 bridgehead atoms. The van der Waals surface area contributed by atoms with Crippen molar-refractivity contribution in [2.24, 2.45) is 0 Å². The van der Waals surface area contributed by atoms with E-state index in [1.807, 2.05) is 0 Å². The van der Waals surface area contributed by atoms with Crippen molar-refractivity contribution in [3.8, 4) is 5.75 Å². The molecule has 0 fully saturated rings. The van der Waals surface area contributed by atoms with E-state index in [4.69, 9.17) is 5.11 Å². The second-order valence-electron chi connectivity index (χ2n) is 3.76. The molecule has 5 heteroatoms. The van der Waals surface area contributed by atoms with Crippen LogP contribution < -0.4 is 0 Å². The Morgan fingerprint density at radius 1 is 1.62 bits per heavy atom. The Kier molecular flexibility index (Phi) is 4.25. The molecule has 1 aromatic rings. The first kappa shape index (κ1) is 12.4. The second kappa shape index (κ2) is 5.46.